The number of nitrogens with one attached hydrogen (secondary N) is 1. The van der Waals surface area contributed by atoms with E-state index in [1.165, 1.54) is 0 Å². The Bertz CT molecular complexity index is 146. The first-order valence-corrected chi connectivity index (χ1v) is 5.04. The molecule has 0 saturated heterocycles. The van der Waals surface area contributed by atoms with E-state index in [4.69, 9.17) is 4.74 Å². The van der Waals surface area contributed by atoms with Crippen molar-refractivity contribution in [2.75, 3.05) is 6.61 Å². The predicted octanol–water partition coefficient (Wildman–Crippen LogP) is 1.72. The highest BCUT2D eigenvalue weighted by Gasteiger charge is 2.17. The third kappa shape index (κ3) is 5.64. The second kappa shape index (κ2) is 6.89. The molecule has 13 heavy (non-hydrogen) atoms. The summed E-state index contributed by atoms with van der Waals surface area (Å²) in [6.45, 7) is 8.54. The van der Waals surface area contributed by atoms with Crippen molar-refractivity contribution in [1.82, 2.24) is 5.32 Å². The standard InChI is InChI=1S/C10H21NO2/c1-5-7-13-10(12)9(6-2)11-8(3)4/h8-9,11H,5-7H2,1-4H3. The third-order valence-electron chi connectivity index (χ3n) is 1.68. The number of carbonyl (C=O) groups excluding carboxylic acids is 1. The van der Waals surface area contributed by atoms with Crippen LogP contribution >= 0.6 is 0 Å². The van der Waals surface area contributed by atoms with E-state index in [-0.39, 0.29) is 12.0 Å². The van der Waals surface area contributed by atoms with Gasteiger partial charge in [0.15, 0.2) is 0 Å². The first-order chi connectivity index (χ1) is 6.11. The number of hydrogen-bond donors (Lipinski definition) is 1. The van der Waals surface area contributed by atoms with Gasteiger partial charge in [0.05, 0.1) is 6.61 Å². The zero-order valence-corrected chi connectivity index (χ0v) is 9.09. The van der Waals surface area contributed by atoms with Crippen LogP contribution in [0.25, 0.3) is 0 Å². The Morgan fingerprint density at radius 1 is 1.38 bits per heavy atom. The Labute approximate surface area is 80.8 Å². The van der Waals surface area contributed by atoms with Crippen molar-refractivity contribution in [3.05, 3.63) is 0 Å². The maximum atomic E-state index is 11.4. The minimum Gasteiger partial charge on any atom is -0.465 e. The first kappa shape index (κ1) is 12.4. The Kier molecular flexibility index (Phi) is 6.59. The van der Waals surface area contributed by atoms with Gasteiger partial charge in [-0.05, 0) is 12.8 Å². The Morgan fingerprint density at radius 3 is 2.38 bits per heavy atom. The molecule has 78 valence electrons. The van der Waals surface area contributed by atoms with E-state index in [2.05, 4.69) is 5.32 Å². The van der Waals surface area contributed by atoms with Crippen molar-refractivity contribution in [2.24, 2.45) is 0 Å². The van der Waals surface area contributed by atoms with Crippen LogP contribution in [0.5, 0.6) is 0 Å². The van der Waals surface area contributed by atoms with Crippen molar-refractivity contribution in [3.63, 3.8) is 0 Å². The zero-order valence-electron chi connectivity index (χ0n) is 9.09. The molecule has 1 atom stereocenters. The van der Waals surface area contributed by atoms with Crippen molar-refractivity contribution < 1.29 is 9.53 Å². The summed E-state index contributed by atoms with van der Waals surface area (Å²) < 4.78 is 5.04. The van der Waals surface area contributed by atoms with E-state index in [0.29, 0.717) is 12.6 Å². The van der Waals surface area contributed by atoms with Gasteiger partial charge in [-0.25, -0.2) is 0 Å². The quantitative estimate of drug-likeness (QED) is 0.643. The average molecular weight is 187 g/mol. The Balaban J connectivity index is 3.85. The molecule has 0 spiro atoms. The van der Waals surface area contributed by atoms with Gasteiger partial charge in [0, 0.05) is 6.04 Å². The minimum atomic E-state index is -0.147. The van der Waals surface area contributed by atoms with Crippen LogP contribution in [0, 0.1) is 0 Å². The van der Waals surface area contributed by atoms with E-state index in [1.54, 1.807) is 0 Å². The third-order valence-corrected chi connectivity index (χ3v) is 1.68. The molecular weight excluding hydrogens is 166 g/mol. The maximum Gasteiger partial charge on any atom is 0.323 e. The van der Waals surface area contributed by atoms with Crippen molar-refractivity contribution >= 4 is 5.97 Å². The van der Waals surface area contributed by atoms with Gasteiger partial charge in [0.25, 0.3) is 0 Å². The van der Waals surface area contributed by atoms with Gasteiger partial charge in [-0.1, -0.05) is 27.7 Å². The maximum absolute atomic E-state index is 11.4. The first-order valence-electron chi connectivity index (χ1n) is 5.04. The molecule has 0 aromatic rings. The fourth-order valence-corrected chi connectivity index (χ4v) is 1.06. The highest BCUT2D eigenvalue weighted by atomic mass is 16.5. The number of carbonyl (C=O) groups is 1. The highest BCUT2D eigenvalue weighted by Crippen LogP contribution is 1.97. The molecule has 0 saturated carbocycles. The summed E-state index contributed by atoms with van der Waals surface area (Å²) in [5.41, 5.74) is 0. The zero-order chi connectivity index (χ0) is 10.3. The molecular formula is C10H21NO2. The molecule has 0 heterocycles. The largest absolute Gasteiger partial charge is 0.465 e. The second-order valence-electron chi connectivity index (χ2n) is 3.45. The lowest BCUT2D eigenvalue weighted by molar-refractivity contribution is -0.146. The van der Waals surface area contributed by atoms with Crippen LogP contribution in [0.1, 0.15) is 40.5 Å². The number of rotatable bonds is 6. The summed E-state index contributed by atoms with van der Waals surface area (Å²) in [5.74, 6) is -0.127. The van der Waals surface area contributed by atoms with Gasteiger partial charge < -0.3 is 10.1 Å². The molecule has 0 bridgehead atoms. The Hall–Kier alpha value is -0.570. The average Bonchev–Trinajstić information content (AvgIpc) is 2.09. The molecule has 0 amide bonds. The van der Waals surface area contributed by atoms with Gasteiger partial charge in [0.1, 0.15) is 6.04 Å². The topological polar surface area (TPSA) is 38.3 Å². The smallest absolute Gasteiger partial charge is 0.323 e. The molecule has 0 aliphatic carbocycles. The molecule has 0 aliphatic rings. The molecule has 3 heteroatoms. The lowest BCUT2D eigenvalue weighted by atomic mass is 10.2. The van der Waals surface area contributed by atoms with Crippen LogP contribution < -0.4 is 5.32 Å². The molecule has 3 nitrogen and oxygen atoms in total. The van der Waals surface area contributed by atoms with Crippen LogP contribution in [0.4, 0.5) is 0 Å². The fourth-order valence-electron chi connectivity index (χ4n) is 1.06. The monoisotopic (exact) mass is 187 g/mol. The van der Waals surface area contributed by atoms with Crippen LogP contribution in [0.2, 0.25) is 0 Å². The molecule has 1 unspecified atom stereocenters. The Morgan fingerprint density at radius 2 is 2.00 bits per heavy atom. The summed E-state index contributed by atoms with van der Waals surface area (Å²) in [4.78, 5) is 11.4. The van der Waals surface area contributed by atoms with Gasteiger partial charge in [-0.3, -0.25) is 4.79 Å². The lowest BCUT2D eigenvalue weighted by Crippen LogP contribution is -2.41. The van der Waals surface area contributed by atoms with Gasteiger partial charge in [-0.2, -0.15) is 0 Å². The normalized spacial score (nSPS) is 13.0. The molecule has 0 fully saturated rings. The molecule has 0 radical (unpaired) electrons. The van der Waals surface area contributed by atoms with Crippen molar-refractivity contribution in [1.29, 1.82) is 0 Å². The van der Waals surface area contributed by atoms with Crippen molar-refractivity contribution in [3.8, 4) is 0 Å². The summed E-state index contributed by atoms with van der Waals surface area (Å²) in [6, 6.07) is 0.172. The van der Waals surface area contributed by atoms with Gasteiger partial charge >= 0.3 is 5.97 Å². The van der Waals surface area contributed by atoms with Crippen LogP contribution in [-0.4, -0.2) is 24.7 Å². The fraction of sp³-hybridized carbons (Fsp3) is 0.900. The van der Waals surface area contributed by atoms with E-state index in [1.807, 2.05) is 27.7 Å². The second-order valence-corrected chi connectivity index (χ2v) is 3.45. The van der Waals surface area contributed by atoms with Gasteiger partial charge in [-0.15, -0.1) is 0 Å². The summed E-state index contributed by atoms with van der Waals surface area (Å²) >= 11 is 0. The lowest BCUT2D eigenvalue weighted by Gasteiger charge is -2.17. The van der Waals surface area contributed by atoms with E-state index in [9.17, 15) is 4.79 Å². The number of ether oxygens (including phenoxy) is 1. The summed E-state index contributed by atoms with van der Waals surface area (Å²) in [5, 5.41) is 3.16. The number of esters is 1. The molecule has 0 rings (SSSR count). The molecule has 0 aromatic carbocycles. The number of hydrogen-bond acceptors (Lipinski definition) is 3. The van der Waals surface area contributed by atoms with E-state index < -0.39 is 0 Å². The van der Waals surface area contributed by atoms with Gasteiger partial charge in [0.2, 0.25) is 0 Å². The predicted molar refractivity (Wildman–Crippen MR) is 53.6 cm³/mol. The van der Waals surface area contributed by atoms with Crippen LogP contribution in [0.15, 0.2) is 0 Å². The van der Waals surface area contributed by atoms with Crippen molar-refractivity contribution in [2.45, 2.75) is 52.6 Å². The molecule has 0 aliphatic heterocycles. The van der Waals surface area contributed by atoms with Crippen LogP contribution in [0.3, 0.4) is 0 Å². The van der Waals surface area contributed by atoms with E-state index in [0.717, 1.165) is 12.8 Å². The minimum absolute atomic E-state index is 0.127. The van der Waals surface area contributed by atoms with E-state index >= 15 is 0 Å². The summed E-state index contributed by atoms with van der Waals surface area (Å²) in [6.07, 6.45) is 1.66. The molecule has 1 N–H and O–H groups in total. The summed E-state index contributed by atoms with van der Waals surface area (Å²) in [7, 11) is 0. The van der Waals surface area contributed by atoms with Crippen LogP contribution in [-0.2, 0) is 9.53 Å². The highest BCUT2D eigenvalue weighted by molar-refractivity contribution is 5.75. The molecule has 0 aromatic heterocycles. The SMILES string of the molecule is CCCOC(=O)C(CC)NC(C)C.